The van der Waals surface area contributed by atoms with Gasteiger partial charge in [-0.05, 0) is 41.1 Å². The Morgan fingerprint density at radius 2 is 1.76 bits per heavy atom. The molecular formula is C23H26N2O4. The number of fused-ring (bicyclic) bond motifs is 1. The average molecular weight is 394 g/mol. The summed E-state index contributed by atoms with van der Waals surface area (Å²) in [7, 11) is 3.14. The van der Waals surface area contributed by atoms with Crippen molar-refractivity contribution >= 4 is 16.8 Å². The van der Waals surface area contributed by atoms with Crippen LogP contribution >= 0.6 is 0 Å². The van der Waals surface area contributed by atoms with Gasteiger partial charge in [0.15, 0.2) is 11.5 Å². The first-order chi connectivity index (χ1) is 13.9. The van der Waals surface area contributed by atoms with E-state index in [-0.39, 0.29) is 29.8 Å². The number of amides is 1. The molecule has 6 nitrogen and oxygen atoms in total. The molecule has 0 radical (unpaired) electrons. The molecule has 6 heteroatoms. The predicted molar refractivity (Wildman–Crippen MR) is 114 cm³/mol. The normalized spacial score (nSPS) is 12.0. The summed E-state index contributed by atoms with van der Waals surface area (Å²) in [5.74, 6) is 0.730. The monoisotopic (exact) mass is 394 g/mol. The Balaban J connectivity index is 1.82. The molecule has 1 unspecified atom stereocenters. The molecule has 2 N–H and O–H groups in total. The Morgan fingerprint density at radius 3 is 2.45 bits per heavy atom. The molecule has 0 saturated carbocycles. The van der Waals surface area contributed by atoms with Gasteiger partial charge < -0.3 is 19.8 Å². The zero-order valence-corrected chi connectivity index (χ0v) is 17.1. The van der Waals surface area contributed by atoms with E-state index in [1.807, 2.05) is 56.3 Å². The van der Waals surface area contributed by atoms with Crippen molar-refractivity contribution in [3.05, 3.63) is 70.0 Å². The van der Waals surface area contributed by atoms with Crippen molar-refractivity contribution in [1.82, 2.24) is 10.3 Å². The van der Waals surface area contributed by atoms with Gasteiger partial charge in [0.1, 0.15) is 0 Å². The van der Waals surface area contributed by atoms with Crippen molar-refractivity contribution in [2.24, 2.45) is 5.92 Å². The molecule has 0 aliphatic rings. The number of benzene rings is 2. The first kappa shape index (κ1) is 20.5. The van der Waals surface area contributed by atoms with Gasteiger partial charge in [-0.25, -0.2) is 0 Å². The molecule has 1 heterocycles. The number of aromatic amines is 1. The lowest BCUT2D eigenvalue weighted by Crippen LogP contribution is -2.33. The number of hydrogen-bond acceptors (Lipinski definition) is 4. The molecule has 3 rings (SSSR count). The molecule has 152 valence electrons. The highest BCUT2D eigenvalue weighted by Gasteiger charge is 2.25. The van der Waals surface area contributed by atoms with Crippen LogP contribution in [0.4, 0.5) is 0 Å². The molecular weight excluding hydrogens is 368 g/mol. The standard InChI is InChI=1S/C23H26N2O4/c1-14(2)21(16-9-10-19(28-3)20(12-16)29-4)23(27)24-13-17-11-15-7-5-6-8-18(15)25-22(17)26/h5-12,14,21H,13H2,1-4H3,(H,24,27)(H,25,26). The molecule has 0 aliphatic carbocycles. The number of carbonyl (C=O) groups is 1. The van der Waals surface area contributed by atoms with E-state index in [0.29, 0.717) is 17.1 Å². The number of para-hydroxylation sites is 1. The highest BCUT2D eigenvalue weighted by molar-refractivity contribution is 5.84. The minimum Gasteiger partial charge on any atom is -0.493 e. The minimum atomic E-state index is -0.380. The lowest BCUT2D eigenvalue weighted by molar-refractivity contribution is -0.123. The molecule has 1 atom stereocenters. The molecule has 0 fully saturated rings. The van der Waals surface area contributed by atoms with Crippen LogP contribution < -0.4 is 20.3 Å². The molecule has 1 amide bonds. The maximum absolute atomic E-state index is 13.0. The summed E-state index contributed by atoms with van der Waals surface area (Å²) < 4.78 is 10.7. The number of carbonyl (C=O) groups excluding carboxylic acids is 1. The van der Waals surface area contributed by atoms with Crippen LogP contribution in [0.15, 0.2) is 53.3 Å². The number of hydrogen-bond donors (Lipinski definition) is 2. The van der Waals surface area contributed by atoms with E-state index in [4.69, 9.17) is 9.47 Å². The van der Waals surface area contributed by atoms with E-state index >= 15 is 0 Å². The second kappa shape index (κ2) is 8.82. The predicted octanol–water partition coefficient (Wildman–Crippen LogP) is 3.60. The fourth-order valence-electron chi connectivity index (χ4n) is 3.50. The third-order valence-electron chi connectivity index (χ3n) is 5.00. The average Bonchev–Trinajstić information content (AvgIpc) is 2.71. The van der Waals surface area contributed by atoms with Crippen LogP contribution in [0.2, 0.25) is 0 Å². The number of ether oxygens (including phenoxy) is 2. The molecule has 29 heavy (non-hydrogen) atoms. The van der Waals surface area contributed by atoms with Gasteiger partial charge in [0.25, 0.3) is 5.56 Å². The zero-order valence-electron chi connectivity index (χ0n) is 17.1. The van der Waals surface area contributed by atoms with Crippen molar-refractivity contribution in [3.63, 3.8) is 0 Å². The fraction of sp³-hybridized carbons (Fsp3) is 0.304. The van der Waals surface area contributed by atoms with Crippen molar-refractivity contribution in [1.29, 1.82) is 0 Å². The number of aromatic nitrogens is 1. The van der Waals surface area contributed by atoms with Gasteiger partial charge in [0.05, 0.1) is 20.1 Å². The molecule has 0 bridgehead atoms. The molecule has 0 spiro atoms. The summed E-state index contributed by atoms with van der Waals surface area (Å²) in [5.41, 5.74) is 1.93. The van der Waals surface area contributed by atoms with E-state index in [0.717, 1.165) is 16.5 Å². The second-order valence-electron chi connectivity index (χ2n) is 7.26. The Labute approximate surface area is 169 Å². The fourth-order valence-corrected chi connectivity index (χ4v) is 3.50. The van der Waals surface area contributed by atoms with Crippen LogP contribution in [0.5, 0.6) is 11.5 Å². The summed E-state index contributed by atoms with van der Waals surface area (Å²) >= 11 is 0. The topological polar surface area (TPSA) is 80.4 Å². The number of methoxy groups -OCH3 is 2. The number of H-pyrrole nitrogens is 1. The second-order valence-corrected chi connectivity index (χ2v) is 7.26. The Bertz CT molecular complexity index is 1070. The lowest BCUT2D eigenvalue weighted by Gasteiger charge is -2.22. The van der Waals surface area contributed by atoms with Gasteiger partial charge in [0.2, 0.25) is 5.91 Å². The maximum Gasteiger partial charge on any atom is 0.253 e. The number of pyridine rings is 1. The molecule has 1 aromatic heterocycles. The van der Waals surface area contributed by atoms with Gasteiger partial charge in [-0.2, -0.15) is 0 Å². The van der Waals surface area contributed by atoms with Crippen molar-refractivity contribution < 1.29 is 14.3 Å². The van der Waals surface area contributed by atoms with E-state index < -0.39 is 0 Å². The van der Waals surface area contributed by atoms with E-state index in [2.05, 4.69) is 10.3 Å². The third kappa shape index (κ3) is 4.42. The summed E-state index contributed by atoms with van der Waals surface area (Å²) in [6.07, 6.45) is 0. The van der Waals surface area contributed by atoms with Crippen LogP contribution in [0.1, 0.15) is 30.9 Å². The van der Waals surface area contributed by atoms with Gasteiger partial charge >= 0.3 is 0 Å². The van der Waals surface area contributed by atoms with Crippen LogP contribution in [-0.2, 0) is 11.3 Å². The lowest BCUT2D eigenvalue weighted by atomic mass is 9.87. The minimum absolute atomic E-state index is 0.0583. The zero-order chi connectivity index (χ0) is 21.0. The first-order valence-corrected chi connectivity index (χ1v) is 9.55. The molecule has 3 aromatic rings. The maximum atomic E-state index is 13.0. The highest BCUT2D eigenvalue weighted by Crippen LogP contribution is 2.33. The smallest absolute Gasteiger partial charge is 0.253 e. The third-order valence-corrected chi connectivity index (χ3v) is 5.00. The van der Waals surface area contributed by atoms with Crippen molar-refractivity contribution in [2.75, 3.05) is 14.2 Å². The molecule has 0 aliphatic heterocycles. The first-order valence-electron chi connectivity index (χ1n) is 9.55. The summed E-state index contributed by atoms with van der Waals surface area (Å²) in [5, 5.41) is 3.85. The number of nitrogens with one attached hydrogen (secondary N) is 2. The largest absolute Gasteiger partial charge is 0.493 e. The van der Waals surface area contributed by atoms with Crippen LogP contribution in [0.3, 0.4) is 0 Å². The van der Waals surface area contributed by atoms with E-state index in [1.165, 1.54) is 0 Å². The number of rotatable bonds is 7. The highest BCUT2D eigenvalue weighted by atomic mass is 16.5. The van der Waals surface area contributed by atoms with Crippen LogP contribution in [0.25, 0.3) is 10.9 Å². The van der Waals surface area contributed by atoms with Crippen molar-refractivity contribution in [2.45, 2.75) is 26.3 Å². The van der Waals surface area contributed by atoms with Gasteiger partial charge in [-0.1, -0.05) is 38.1 Å². The molecule has 2 aromatic carbocycles. The van der Waals surface area contributed by atoms with Gasteiger partial charge in [-0.15, -0.1) is 0 Å². The van der Waals surface area contributed by atoms with Crippen LogP contribution in [0, 0.1) is 5.92 Å². The Hall–Kier alpha value is -3.28. The summed E-state index contributed by atoms with van der Waals surface area (Å²) in [6.45, 7) is 4.14. The Morgan fingerprint density at radius 1 is 1.03 bits per heavy atom. The summed E-state index contributed by atoms with van der Waals surface area (Å²) in [6, 6.07) is 14.9. The van der Waals surface area contributed by atoms with Crippen LogP contribution in [-0.4, -0.2) is 25.1 Å². The Kier molecular flexibility index (Phi) is 6.22. The SMILES string of the molecule is COc1ccc(C(C(=O)NCc2cc3ccccc3[nH]c2=O)C(C)C)cc1OC. The quantitative estimate of drug-likeness (QED) is 0.642. The van der Waals surface area contributed by atoms with Gasteiger partial charge in [0, 0.05) is 17.6 Å². The van der Waals surface area contributed by atoms with E-state index in [9.17, 15) is 9.59 Å². The van der Waals surface area contributed by atoms with Crippen molar-refractivity contribution in [3.8, 4) is 11.5 Å². The summed E-state index contributed by atoms with van der Waals surface area (Å²) in [4.78, 5) is 28.2. The molecule has 0 saturated heterocycles. The van der Waals surface area contributed by atoms with E-state index in [1.54, 1.807) is 20.3 Å². The van der Waals surface area contributed by atoms with Gasteiger partial charge in [-0.3, -0.25) is 9.59 Å².